The SMILES string of the molecule is Cc1c(Cl)cccc1NC(=O)C(C)Sc1nnc(-c2cccnc2)n1Cc1ccccc1. The highest BCUT2D eigenvalue weighted by Crippen LogP contribution is 2.29. The Kier molecular flexibility index (Phi) is 6.87. The number of rotatable bonds is 7. The second-order valence-electron chi connectivity index (χ2n) is 7.28. The molecule has 1 amide bonds. The minimum atomic E-state index is -0.395. The highest BCUT2D eigenvalue weighted by Gasteiger charge is 2.22. The molecule has 1 unspecified atom stereocenters. The van der Waals surface area contributed by atoms with E-state index in [0.717, 1.165) is 16.7 Å². The number of halogens is 1. The molecule has 0 radical (unpaired) electrons. The molecule has 2 heterocycles. The summed E-state index contributed by atoms with van der Waals surface area (Å²) in [4.78, 5) is 17.1. The van der Waals surface area contributed by atoms with Crippen LogP contribution in [0.1, 0.15) is 18.1 Å². The second-order valence-corrected chi connectivity index (χ2v) is 9.00. The van der Waals surface area contributed by atoms with E-state index in [1.807, 2.05) is 60.9 Å². The van der Waals surface area contributed by atoms with E-state index in [1.54, 1.807) is 18.5 Å². The number of benzene rings is 2. The largest absolute Gasteiger partial charge is 0.325 e. The minimum Gasteiger partial charge on any atom is -0.325 e. The number of hydrogen-bond acceptors (Lipinski definition) is 5. The zero-order chi connectivity index (χ0) is 22.5. The maximum Gasteiger partial charge on any atom is 0.237 e. The summed E-state index contributed by atoms with van der Waals surface area (Å²) < 4.78 is 2.02. The lowest BCUT2D eigenvalue weighted by Gasteiger charge is -2.15. The molecule has 32 heavy (non-hydrogen) atoms. The fourth-order valence-corrected chi connectivity index (χ4v) is 4.20. The molecule has 162 valence electrons. The molecule has 0 saturated heterocycles. The normalized spacial score (nSPS) is 11.8. The van der Waals surface area contributed by atoms with E-state index >= 15 is 0 Å². The summed E-state index contributed by atoms with van der Waals surface area (Å²) in [5.74, 6) is 0.584. The van der Waals surface area contributed by atoms with Gasteiger partial charge in [0.25, 0.3) is 0 Å². The van der Waals surface area contributed by atoms with Crippen LogP contribution in [0.15, 0.2) is 78.2 Å². The molecule has 1 N–H and O–H groups in total. The van der Waals surface area contributed by atoms with Crippen LogP contribution in [0.3, 0.4) is 0 Å². The lowest BCUT2D eigenvalue weighted by molar-refractivity contribution is -0.115. The van der Waals surface area contributed by atoms with Crippen LogP contribution in [-0.4, -0.2) is 30.9 Å². The number of amides is 1. The van der Waals surface area contributed by atoms with Crippen LogP contribution in [0.25, 0.3) is 11.4 Å². The number of nitrogens with zero attached hydrogens (tertiary/aromatic N) is 4. The molecule has 0 aliphatic heterocycles. The molecule has 2 aromatic heterocycles. The van der Waals surface area contributed by atoms with Crippen LogP contribution < -0.4 is 5.32 Å². The molecule has 0 saturated carbocycles. The van der Waals surface area contributed by atoms with Crippen molar-refractivity contribution in [1.82, 2.24) is 19.7 Å². The van der Waals surface area contributed by atoms with Crippen molar-refractivity contribution in [1.29, 1.82) is 0 Å². The number of anilines is 1. The lowest BCUT2D eigenvalue weighted by Crippen LogP contribution is -2.23. The number of carbonyl (C=O) groups is 1. The first-order valence-electron chi connectivity index (χ1n) is 10.1. The monoisotopic (exact) mass is 463 g/mol. The van der Waals surface area contributed by atoms with Gasteiger partial charge < -0.3 is 5.32 Å². The van der Waals surface area contributed by atoms with Crippen molar-refractivity contribution in [3.8, 4) is 11.4 Å². The van der Waals surface area contributed by atoms with Crippen LogP contribution in [0, 0.1) is 6.92 Å². The zero-order valence-corrected chi connectivity index (χ0v) is 19.3. The number of hydrogen-bond donors (Lipinski definition) is 1. The second kappa shape index (κ2) is 9.97. The Labute approximate surface area is 196 Å². The average Bonchev–Trinajstić information content (AvgIpc) is 3.20. The Morgan fingerprint density at radius 1 is 1.09 bits per heavy atom. The van der Waals surface area contributed by atoms with Gasteiger partial charge in [-0.3, -0.25) is 14.3 Å². The van der Waals surface area contributed by atoms with E-state index in [2.05, 4.69) is 32.6 Å². The van der Waals surface area contributed by atoms with Gasteiger partial charge in [-0.05, 0) is 49.2 Å². The topological polar surface area (TPSA) is 72.7 Å². The fourth-order valence-electron chi connectivity index (χ4n) is 3.18. The Balaban J connectivity index is 1.59. The van der Waals surface area contributed by atoms with Crippen molar-refractivity contribution < 1.29 is 4.79 Å². The van der Waals surface area contributed by atoms with E-state index in [1.165, 1.54) is 11.8 Å². The first kappa shape index (κ1) is 22.0. The number of thioether (sulfide) groups is 1. The maximum atomic E-state index is 12.9. The number of aromatic nitrogens is 4. The molecule has 0 spiro atoms. The van der Waals surface area contributed by atoms with Gasteiger partial charge in [0.05, 0.1) is 11.8 Å². The van der Waals surface area contributed by atoms with Gasteiger partial charge in [-0.2, -0.15) is 0 Å². The first-order valence-corrected chi connectivity index (χ1v) is 11.4. The number of pyridine rings is 1. The van der Waals surface area contributed by atoms with Crippen molar-refractivity contribution >= 4 is 35.0 Å². The molecule has 6 nitrogen and oxygen atoms in total. The van der Waals surface area contributed by atoms with E-state index in [0.29, 0.717) is 28.2 Å². The zero-order valence-electron chi connectivity index (χ0n) is 17.7. The fraction of sp³-hybridized carbons (Fsp3) is 0.167. The van der Waals surface area contributed by atoms with E-state index in [4.69, 9.17) is 11.6 Å². The summed E-state index contributed by atoms with van der Waals surface area (Å²) in [7, 11) is 0. The molecule has 1 atom stereocenters. The van der Waals surface area contributed by atoms with Crippen LogP contribution in [-0.2, 0) is 11.3 Å². The van der Waals surface area contributed by atoms with Gasteiger partial charge in [-0.15, -0.1) is 10.2 Å². The van der Waals surface area contributed by atoms with Crippen LogP contribution >= 0.6 is 23.4 Å². The molecule has 0 bridgehead atoms. The van der Waals surface area contributed by atoms with Crippen LogP contribution in [0.2, 0.25) is 5.02 Å². The number of nitrogens with one attached hydrogen (secondary N) is 1. The van der Waals surface area contributed by atoms with Gasteiger partial charge >= 0.3 is 0 Å². The van der Waals surface area contributed by atoms with Crippen molar-refractivity contribution in [3.63, 3.8) is 0 Å². The van der Waals surface area contributed by atoms with E-state index in [-0.39, 0.29) is 5.91 Å². The molecular weight excluding hydrogens is 442 g/mol. The smallest absolute Gasteiger partial charge is 0.237 e. The van der Waals surface area contributed by atoms with Crippen LogP contribution in [0.4, 0.5) is 5.69 Å². The van der Waals surface area contributed by atoms with Gasteiger partial charge in [-0.25, -0.2) is 0 Å². The molecule has 0 fully saturated rings. The highest BCUT2D eigenvalue weighted by atomic mass is 35.5. The summed E-state index contributed by atoms with van der Waals surface area (Å²) >= 11 is 7.55. The Morgan fingerprint density at radius 2 is 1.91 bits per heavy atom. The predicted octanol–water partition coefficient (Wildman–Crippen LogP) is 5.47. The van der Waals surface area contributed by atoms with Gasteiger partial charge in [0, 0.05) is 28.7 Å². The summed E-state index contributed by atoms with van der Waals surface area (Å²) in [5.41, 5.74) is 3.53. The van der Waals surface area contributed by atoms with Crippen molar-refractivity contribution in [2.45, 2.75) is 30.8 Å². The summed E-state index contributed by atoms with van der Waals surface area (Å²) in [6.45, 7) is 4.32. The third-order valence-corrected chi connectivity index (χ3v) is 6.49. The highest BCUT2D eigenvalue weighted by molar-refractivity contribution is 8.00. The van der Waals surface area contributed by atoms with Gasteiger partial charge in [0.1, 0.15) is 0 Å². The molecule has 0 aliphatic rings. The number of carbonyl (C=O) groups excluding carboxylic acids is 1. The van der Waals surface area contributed by atoms with Gasteiger partial charge in [-0.1, -0.05) is 59.8 Å². The Bertz CT molecular complexity index is 1210. The quantitative estimate of drug-likeness (QED) is 0.368. The predicted molar refractivity (Wildman–Crippen MR) is 129 cm³/mol. The Hall–Kier alpha value is -3.16. The van der Waals surface area contributed by atoms with Crippen molar-refractivity contribution in [3.05, 3.63) is 89.2 Å². The van der Waals surface area contributed by atoms with Gasteiger partial charge in [0.15, 0.2) is 11.0 Å². The van der Waals surface area contributed by atoms with Crippen molar-refractivity contribution in [2.24, 2.45) is 0 Å². The van der Waals surface area contributed by atoms with Gasteiger partial charge in [0.2, 0.25) is 5.91 Å². The molecule has 8 heteroatoms. The first-order chi connectivity index (χ1) is 15.5. The Morgan fingerprint density at radius 3 is 2.66 bits per heavy atom. The standard InChI is InChI=1S/C24H22ClN5OS/c1-16-20(25)11-6-12-21(16)27-23(31)17(2)32-24-29-28-22(19-10-7-13-26-14-19)30(24)15-18-8-4-3-5-9-18/h3-14,17H,15H2,1-2H3,(H,27,31). The van der Waals surface area contributed by atoms with E-state index in [9.17, 15) is 4.79 Å². The molecule has 0 aliphatic carbocycles. The minimum absolute atomic E-state index is 0.127. The molecular formula is C24H22ClN5OS. The maximum absolute atomic E-state index is 12.9. The molecule has 4 rings (SSSR count). The lowest BCUT2D eigenvalue weighted by atomic mass is 10.2. The third-order valence-electron chi connectivity index (χ3n) is 5.00. The molecule has 4 aromatic rings. The third kappa shape index (κ3) is 5.00. The summed E-state index contributed by atoms with van der Waals surface area (Å²) in [6.07, 6.45) is 3.49. The average molecular weight is 464 g/mol. The van der Waals surface area contributed by atoms with E-state index < -0.39 is 5.25 Å². The van der Waals surface area contributed by atoms with Crippen LogP contribution in [0.5, 0.6) is 0 Å². The summed E-state index contributed by atoms with van der Waals surface area (Å²) in [5, 5.41) is 12.7. The molecule has 2 aromatic carbocycles. The summed E-state index contributed by atoms with van der Waals surface area (Å²) in [6, 6.07) is 19.4. The van der Waals surface area contributed by atoms with Crippen molar-refractivity contribution in [2.75, 3.05) is 5.32 Å².